The van der Waals surface area contributed by atoms with Crippen molar-refractivity contribution in [2.45, 2.75) is 44.8 Å². The number of pyridine rings is 2. The molecular weight excluding hydrogens is 777 g/mol. The molecule has 5 aromatic rings. The second kappa shape index (κ2) is 22.7. The van der Waals surface area contributed by atoms with E-state index < -0.39 is 32.0 Å². The molecule has 0 amide bonds. The third-order valence-corrected chi connectivity index (χ3v) is 7.77. The van der Waals surface area contributed by atoms with Crippen LogP contribution in [0.3, 0.4) is 0 Å². The minimum absolute atomic E-state index is 0.159. The normalized spacial score (nSPS) is 11.1. The predicted octanol–water partition coefficient (Wildman–Crippen LogP) is 4.72. The summed E-state index contributed by atoms with van der Waals surface area (Å²) in [5.41, 5.74) is 2.51. The zero-order valence-corrected chi connectivity index (χ0v) is 31.2. The number of benzene rings is 3. The molecular formula is C40H39BF6N2O9. The first-order valence-electron chi connectivity index (χ1n) is 17.6. The minimum Gasteiger partial charge on any atom is -0.871 e. The van der Waals surface area contributed by atoms with E-state index in [1.807, 2.05) is 54.6 Å². The maximum Gasteiger partial charge on any atom is 0.575 e. The van der Waals surface area contributed by atoms with Gasteiger partial charge in [0, 0.05) is 45.7 Å². The van der Waals surface area contributed by atoms with Crippen molar-refractivity contribution >= 4 is 19.3 Å². The molecule has 0 atom stereocenters. The lowest BCUT2D eigenvalue weighted by molar-refractivity contribution is -0.892. The first-order chi connectivity index (χ1) is 27.6. The van der Waals surface area contributed by atoms with E-state index in [-0.39, 0.29) is 36.6 Å². The van der Waals surface area contributed by atoms with Crippen molar-refractivity contribution < 1.29 is 79.2 Å². The van der Waals surface area contributed by atoms with Gasteiger partial charge >= 0.3 is 36.1 Å². The summed E-state index contributed by atoms with van der Waals surface area (Å²) >= 11 is 0. The van der Waals surface area contributed by atoms with E-state index in [1.165, 1.54) is 65.5 Å². The van der Waals surface area contributed by atoms with E-state index in [9.17, 15) is 46.0 Å². The highest BCUT2D eigenvalue weighted by Gasteiger charge is 2.39. The van der Waals surface area contributed by atoms with E-state index in [0.717, 1.165) is 15.9 Å². The Kier molecular flexibility index (Phi) is 18.2. The first-order valence-corrected chi connectivity index (χ1v) is 17.6. The van der Waals surface area contributed by atoms with E-state index in [4.69, 9.17) is 14.3 Å². The van der Waals surface area contributed by atoms with Crippen LogP contribution in [0.1, 0.15) is 64.4 Å². The Morgan fingerprint density at radius 1 is 0.569 bits per heavy atom. The van der Waals surface area contributed by atoms with Crippen LogP contribution in [0.5, 0.6) is 0 Å². The Morgan fingerprint density at radius 3 is 1.22 bits per heavy atom. The molecule has 58 heavy (non-hydrogen) atoms. The molecule has 5 rings (SSSR count). The second-order valence-corrected chi connectivity index (χ2v) is 11.6. The van der Waals surface area contributed by atoms with Gasteiger partial charge in [0.05, 0.1) is 7.32 Å². The van der Waals surface area contributed by atoms with Crippen molar-refractivity contribution in [1.82, 2.24) is 0 Å². The van der Waals surface area contributed by atoms with Crippen LogP contribution in [0.2, 0.25) is 0 Å². The summed E-state index contributed by atoms with van der Waals surface area (Å²) in [4.78, 5) is 32.1. The summed E-state index contributed by atoms with van der Waals surface area (Å²) in [6.45, 7) is 3.85. The van der Waals surface area contributed by atoms with Crippen LogP contribution in [-0.4, -0.2) is 51.8 Å². The molecule has 3 aromatic carbocycles. The smallest absolute Gasteiger partial charge is 0.575 e. The molecule has 0 aliphatic rings. The van der Waals surface area contributed by atoms with Gasteiger partial charge in [-0.2, -0.15) is 0 Å². The number of rotatable bonds is 14. The Bertz CT molecular complexity index is 1810. The van der Waals surface area contributed by atoms with Crippen molar-refractivity contribution in [3.63, 3.8) is 0 Å². The Balaban J connectivity index is 0.000000246. The Hall–Kier alpha value is -5.98. The maximum absolute atomic E-state index is 11.8. The van der Waals surface area contributed by atoms with Crippen molar-refractivity contribution in [3.05, 3.63) is 168 Å². The Morgan fingerprint density at radius 2 is 0.914 bits per heavy atom. The van der Waals surface area contributed by atoms with Crippen LogP contribution in [0.4, 0.5) is 26.3 Å². The van der Waals surface area contributed by atoms with Gasteiger partial charge in [0.25, 0.3) is 0 Å². The van der Waals surface area contributed by atoms with Crippen molar-refractivity contribution in [1.29, 1.82) is 0 Å². The number of hydrogen-bond donors (Lipinski definition) is 0. The molecule has 0 spiro atoms. The minimum atomic E-state index is -5.00. The molecule has 18 heteroatoms. The highest BCUT2D eigenvalue weighted by Crippen LogP contribution is 2.43. The lowest BCUT2D eigenvalue weighted by Crippen LogP contribution is -2.48. The summed E-state index contributed by atoms with van der Waals surface area (Å²) in [6, 6.07) is 39.2. The average molecular weight is 817 g/mol. The molecule has 11 nitrogen and oxygen atoms in total. The van der Waals surface area contributed by atoms with Crippen LogP contribution in [0, 0.1) is 0 Å². The average Bonchev–Trinajstić information content (AvgIpc) is 3.19. The number of carbonyl (C=O) groups excluding carboxylic acids is 2. The molecule has 308 valence electrons. The van der Waals surface area contributed by atoms with E-state index >= 15 is 0 Å². The largest absolute Gasteiger partial charge is 0.871 e. The quantitative estimate of drug-likeness (QED) is 0.0390. The highest BCUT2D eigenvalue weighted by molar-refractivity contribution is 6.28. The monoisotopic (exact) mass is 816 g/mol. The summed E-state index contributed by atoms with van der Waals surface area (Å²) in [5, 5.41) is 21.4. The number of carbonyl (C=O) groups is 2. The molecule has 0 bridgehead atoms. The lowest BCUT2D eigenvalue weighted by Gasteiger charge is -2.37. The van der Waals surface area contributed by atoms with E-state index in [2.05, 4.69) is 45.9 Å². The number of hydrogen-bond acceptors (Lipinski definition) is 9. The highest BCUT2D eigenvalue weighted by atomic mass is 19.4. The maximum atomic E-state index is 11.8. The first kappa shape index (κ1) is 46.4. The molecule has 2 heterocycles. The summed E-state index contributed by atoms with van der Waals surface area (Å²) < 4.78 is 84.0. The molecule has 0 aliphatic heterocycles. The fourth-order valence-corrected chi connectivity index (χ4v) is 5.61. The summed E-state index contributed by atoms with van der Waals surface area (Å²) in [5.74, 6) is -3.02. The van der Waals surface area contributed by atoms with Gasteiger partial charge in [-0.25, -0.2) is 9.59 Å². The van der Waals surface area contributed by atoms with Gasteiger partial charge in [0.15, 0.2) is 13.2 Å². The van der Waals surface area contributed by atoms with Crippen molar-refractivity contribution in [2.24, 2.45) is 0 Å². The molecule has 2 aromatic heterocycles. The van der Waals surface area contributed by atoms with Crippen LogP contribution in [0.25, 0.3) is 0 Å². The molecule has 0 radical (unpaired) electrons. The van der Waals surface area contributed by atoms with Gasteiger partial charge in [-0.3, -0.25) is 9.68 Å². The van der Waals surface area contributed by atoms with E-state index in [1.54, 1.807) is 13.8 Å². The molecule has 0 N–H and O–H groups in total. The van der Waals surface area contributed by atoms with Gasteiger partial charge in [0.1, 0.15) is 0 Å². The predicted molar refractivity (Wildman–Crippen MR) is 191 cm³/mol. The topological polar surface area (TPSA) is 134 Å². The zero-order chi connectivity index (χ0) is 42.6. The van der Waals surface area contributed by atoms with Crippen molar-refractivity contribution in [2.75, 3.05) is 19.8 Å². The summed E-state index contributed by atoms with van der Waals surface area (Å²) in [6.07, 6.45) is -6.03. The van der Waals surface area contributed by atoms with Crippen molar-refractivity contribution in [3.8, 4) is 0 Å². The van der Waals surface area contributed by atoms with Gasteiger partial charge in [-0.05, 0) is 55.5 Å². The number of esters is 2. The third-order valence-electron chi connectivity index (χ3n) is 7.77. The number of ether oxygens (including phenoxy) is 2. The molecule has 0 fully saturated rings. The molecule has 0 aliphatic carbocycles. The van der Waals surface area contributed by atoms with Crippen LogP contribution >= 0.6 is 0 Å². The van der Waals surface area contributed by atoms with E-state index in [0.29, 0.717) is 6.42 Å². The van der Waals surface area contributed by atoms with Gasteiger partial charge in [-0.15, -0.1) is 26.3 Å². The number of halogens is 6. The molecule has 0 saturated heterocycles. The van der Waals surface area contributed by atoms with Gasteiger partial charge in [0.2, 0.25) is 12.4 Å². The molecule has 0 saturated carbocycles. The third kappa shape index (κ3) is 14.8. The fourth-order valence-electron chi connectivity index (χ4n) is 5.61. The standard InChI is InChI=1S/C22H21BO3.2C9H9F3NO3/c24-23(25)26-18-10-17-22(19-11-4-1-5-12-19,20-13-6-2-7-14-20)21-15-8-3-9-16-21;2*1-2-15-13-6-4-3-5-7(13)8(14)16-9(10,11)12/h1-9,11-16H,10,17-18H2;2*3-6H,2H2,1H3/q-2;2*+1. The van der Waals surface area contributed by atoms with Crippen LogP contribution in [0.15, 0.2) is 140 Å². The Labute approximate surface area is 330 Å². The van der Waals surface area contributed by atoms with Gasteiger partial charge in [-0.1, -0.05) is 91.0 Å². The fraction of sp³-hybridized carbons (Fsp3) is 0.250. The van der Waals surface area contributed by atoms with Crippen LogP contribution in [-0.2, 0) is 19.5 Å². The van der Waals surface area contributed by atoms with Gasteiger partial charge < -0.3 is 24.2 Å². The second-order valence-electron chi connectivity index (χ2n) is 11.6. The number of nitrogens with zero attached hydrogens (tertiary/aromatic N) is 2. The van der Waals surface area contributed by atoms with Crippen LogP contribution < -0.4 is 29.2 Å². The summed E-state index contributed by atoms with van der Waals surface area (Å²) in [7, 11) is -2.23. The zero-order valence-electron chi connectivity index (χ0n) is 31.2. The number of alkyl halides is 6. The molecule has 0 unspecified atom stereocenters. The number of aromatic nitrogens is 2. The lowest BCUT2D eigenvalue weighted by atomic mass is 9.67. The SMILES string of the molecule is CCO[n+]1ccccc1C(=O)OC(F)(F)F.CCO[n+]1ccccc1C(=O)OC(F)(F)F.[O-]B([O-])OCCCC(c1ccccc1)(c1ccccc1)c1ccccc1.